The summed E-state index contributed by atoms with van der Waals surface area (Å²) in [4.78, 5) is 17.7. The molecule has 1 amide bonds. The van der Waals surface area contributed by atoms with E-state index in [-0.39, 0.29) is 18.1 Å². The van der Waals surface area contributed by atoms with Gasteiger partial charge in [0, 0.05) is 25.8 Å². The van der Waals surface area contributed by atoms with Crippen LogP contribution in [0, 0.1) is 0 Å². The molecule has 0 saturated carbocycles. The lowest BCUT2D eigenvalue weighted by molar-refractivity contribution is -0.0707. The van der Waals surface area contributed by atoms with Gasteiger partial charge in [0.05, 0.1) is 30.5 Å². The zero-order chi connectivity index (χ0) is 18.6. The van der Waals surface area contributed by atoms with Gasteiger partial charge in [0.25, 0.3) is 5.91 Å². The van der Waals surface area contributed by atoms with Crippen molar-refractivity contribution in [3.8, 4) is 0 Å². The van der Waals surface area contributed by atoms with Gasteiger partial charge in [-0.25, -0.2) is 0 Å². The van der Waals surface area contributed by atoms with Gasteiger partial charge in [0.2, 0.25) is 0 Å². The highest BCUT2D eigenvalue weighted by Crippen LogP contribution is 2.32. The van der Waals surface area contributed by atoms with E-state index in [9.17, 15) is 4.79 Å². The Morgan fingerprint density at radius 1 is 1.19 bits per heavy atom. The first-order chi connectivity index (χ1) is 13.3. The molecule has 4 rings (SSSR count). The van der Waals surface area contributed by atoms with Crippen molar-refractivity contribution in [2.24, 2.45) is 0 Å². The number of hydrogen-bond donors (Lipinski definition) is 0. The summed E-state index contributed by atoms with van der Waals surface area (Å²) < 4.78 is 7.99. The van der Waals surface area contributed by atoms with E-state index < -0.39 is 0 Å². The molecule has 6 heteroatoms. The van der Waals surface area contributed by atoms with Crippen LogP contribution in [0.3, 0.4) is 0 Å². The van der Waals surface area contributed by atoms with Crippen molar-refractivity contribution in [3.63, 3.8) is 0 Å². The van der Waals surface area contributed by atoms with Gasteiger partial charge >= 0.3 is 0 Å². The Morgan fingerprint density at radius 2 is 1.96 bits per heavy atom. The van der Waals surface area contributed by atoms with Gasteiger partial charge in [-0.3, -0.25) is 9.48 Å². The Labute approximate surface area is 160 Å². The maximum absolute atomic E-state index is 13.3. The predicted molar refractivity (Wildman–Crippen MR) is 104 cm³/mol. The van der Waals surface area contributed by atoms with Crippen molar-refractivity contribution in [2.45, 2.75) is 38.5 Å². The number of ether oxygens (including phenoxy) is 1. The molecule has 144 valence electrons. The number of hydrogen-bond acceptors (Lipinski definition) is 4. The molecule has 0 unspecified atom stereocenters. The van der Waals surface area contributed by atoms with Crippen LogP contribution in [-0.4, -0.2) is 64.4 Å². The van der Waals surface area contributed by atoms with Crippen molar-refractivity contribution >= 4 is 5.91 Å². The number of nitrogens with zero attached hydrogens (tertiary/aromatic N) is 4. The molecular formula is C21H28N4O2. The fourth-order valence-corrected chi connectivity index (χ4v) is 4.19. The molecule has 0 spiro atoms. The molecular weight excluding hydrogens is 340 g/mol. The number of likely N-dealkylation sites (tertiary alicyclic amines) is 1. The predicted octanol–water partition coefficient (Wildman–Crippen LogP) is 2.58. The standard InChI is InChI=1S/C21H28N4O2/c1-2-24-15-18(14-22-24)21(26)25-12-13-27-19(16-23-10-6-7-11-23)20(25)17-8-4-3-5-9-17/h3-5,8-9,14-15,19-20H,2,6-7,10-13,16H2,1H3/t19-,20-/m0/s1. The fraction of sp³-hybridized carbons (Fsp3) is 0.524. The largest absolute Gasteiger partial charge is 0.373 e. The Kier molecular flexibility index (Phi) is 5.55. The van der Waals surface area contributed by atoms with E-state index in [4.69, 9.17) is 4.74 Å². The molecule has 3 heterocycles. The van der Waals surface area contributed by atoms with Crippen LogP contribution >= 0.6 is 0 Å². The SMILES string of the molecule is CCn1cc(C(=O)N2CCO[C@@H](CN3CCCC3)[C@@H]2c2ccccc2)cn1. The molecule has 0 aliphatic carbocycles. The van der Waals surface area contributed by atoms with Crippen molar-refractivity contribution in [1.29, 1.82) is 0 Å². The number of rotatable bonds is 5. The van der Waals surface area contributed by atoms with E-state index in [1.807, 2.05) is 36.2 Å². The number of morpholine rings is 1. The van der Waals surface area contributed by atoms with Crippen molar-refractivity contribution in [2.75, 3.05) is 32.8 Å². The number of carbonyl (C=O) groups is 1. The lowest BCUT2D eigenvalue weighted by atomic mass is 9.97. The summed E-state index contributed by atoms with van der Waals surface area (Å²) in [5.74, 6) is 0.0401. The fourth-order valence-electron chi connectivity index (χ4n) is 4.19. The number of aryl methyl sites for hydroxylation is 1. The molecule has 0 radical (unpaired) electrons. The first-order valence-electron chi connectivity index (χ1n) is 9.98. The van der Waals surface area contributed by atoms with Crippen LogP contribution in [0.15, 0.2) is 42.7 Å². The normalized spacial score (nSPS) is 23.7. The van der Waals surface area contributed by atoms with Crippen LogP contribution in [0.5, 0.6) is 0 Å². The van der Waals surface area contributed by atoms with Crippen LogP contribution in [0.1, 0.15) is 41.7 Å². The molecule has 2 saturated heterocycles. The molecule has 27 heavy (non-hydrogen) atoms. The molecule has 2 aromatic rings. The second-order valence-corrected chi connectivity index (χ2v) is 7.36. The molecule has 1 aromatic heterocycles. The lowest BCUT2D eigenvalue weighted by Gasteiger charge is -2.42. The topological polar surface area (TPSA) is 50.6 Å². The first-order valence-corrected chi connectivity index (χ1v) is 9.98. The minimum Gasteiger partial charge on any atom is -0.373 e. The maximum Gasteiger partial charge on any atom is 0.257 e. The van der Waals surface area contributed by atoms with E-state index >= 15 is 0 Å². The van der Waals surface area contributed by atoms with Crippen LogP contribution in [0.25, 0.3) is 0 Å². The van der Waals surface area contributed by atoms with Gasteiger partial charge in [-0.2, -0.15) is 5.10 Å². The second kappa shape index (κ2) is 8.23. The van der Waals surface area contributed by atoms with Gasteiger partial charge in [-0.05, 0) is 38.4 Å². The molecule has 2 aliphatic rings. The van der Waals surface area contributed by atoms with E-state index in [1.54, 1.807) is 10.9 Å². The monoisotopic (exact) mass is 368 g/mol. The third-order valence-electron chi connectivity index (χ3n) is 5.60. The average Bonchev–Trinajstić information content (AvgIpc) is 3.40. The number of amides is 1. The highest BCUT2D eigenvalue weighted by molar-refractivity contribution is 5.94. The van der Waals surface area contributed by atoms with Gasteiger partial charge < -0.3 is 14.5 Å². The molecule has 2 atom stereocenters. The summed E-state index contributed by atoms with van der Waals surface area (Å²) in [7, 11) is 0. The lowest BCUT2D eigenvalue weighted by Crippen LogP contribution is -2.51. The van der Waals surface area contributed by atoms with E-state index in [2.05, 4.69) is 22.1 Å². The summed E-state index contributed by atoms with van der Waals surface area (Å²) in [6, 6.07) is 10.2. The Balaban J connectivity index is 1.62. The third-order valence-corrected chi connectivity index (χ3v) is 5.60. The zero-order valence-corrected chi connectivity index (χ0v) is 16.0. The quantitative estimate of drug-likeness (QED) is 0.814. The molecule has 0 N–H and O–H groups in total. The van der Waals surface area contributed by atoms with Crippen LogP contribution in [-0.2, 0) is 11.3 Å². The van der Waals surface area contributed by atoms with Crippen LogP contribution in [0.2, 0.25) is 0 Å². The van der Waals surface area contributed by atoms with Crippen LogP contribution < -0.4 is 0 Å². The summed E-state index contributed by atoms with van der Waals surface area (Å²) >= 11 is 0. The number of carbonyl (C=O) groups excluding carboxylic acids is 1. The molecule has 2 fully saturated rings. The third kappa shape index (κ3) is 3.92. The van der Waals surface area contributed by atoms with E-state index in [1.165, 1.54) is 12.8 Å². The van der Waals surface area contributed by atoms with Gasteiger partial charge in [0.15, 0.2) is 0 Å². The molecule has 1 aromatic carbocycles. The highest BCUT2D eigenvalue weighted by Gasteiger charge is 2.38. The minimum absolute atomic E-state index is 0.00980. The minimum atomic E-state index is -0.0713. The second-order valence-electron chi connectivity index (χ2n) is 7.36. The smallest absolute Gasteiger partial charge is 0.257 e. The summed E-state index contributed by atoms with van der Waals surface area (Å²) in [5, 5.41) is 4.28. The Morgan fingerprint density at radius 3 is 2.67 bits per heavy atom. The van der Waals surface area contributed by atoms with Crippen molar-refractivity contribution in [3.05, 3.63) is 53.9 Å². The zero-order valence-electron chi connectivity index (χ0n) is 16.0. The van der Waals surface area contributed by atoms with Crippen LogP contribution in [0.4, 0.5) is 0 Å². The average molecular weight is 368 g/mol. The number of benzene rings is 1. The van der Waals surface area contributed by atoms with Crippen molar-refractivity contribution < 1.29 is 9.53 Å². The van der Waals surface area contributed by atoms with Gasteiger partial charge in [-0.1, -0.05) is 30.3 Å². The molecule has 6 nitrogen and oxygen atoms in total. The summed E-state index contributed by atoms with van der Waals surface area (Å²) in [5.41, 5.74) is 1.79. The first kappa shape index (κ1) is 18.2. The maximum atomic E-state index is 13.3. The van der Waals surface area contributed by atoms with E-state index in [0.717, 1.165) is 31.7 Å². The van der Waals surface area contributed by atoms with Gasteiger partial charge in [-0.15, -0.1) is 0 Å². The molecule has 2 aliphatic heterocycles. The Bertz CT molecular complexity index is 755. The van der Waals surface area contributed by atoms with E-state index in [0.29, 0.717) is 18.7 Å². The van der Waals surface area contributed by atoms with Crippen molar-refractivity contribution in [1.82, 2.24) is 19.6 Å². The summed E-state index contributed by atoms with van der Waals surface area (Å²) in [6.45, 7) is 7.08. The summed E-state index contributed by atoms with van der Waals surface area (Å²) in [6.07, 6.45) is 6.02. The highest BCUT2D eigenvalue weighted by atomic mass is 16.5. The number of aromatic nitrogens is 2. The van der Waals surface area contributed by atoms with Gasteiger partial charge in [0.1, 0.15) is 0 Å². The Hall–Kier alpha value is -2.18. The molecule has 0 bridgehead atoms.